The fourth-order valence-corrected chi connectivity index (χ4v) is 3.22. The monoisotopic (exact) mass is 277 g/mol. The van der Waals surface area contributed by atoms with Crippen molar-refractivity contribution in [2.75, 3.05) is 0 Å². The number of aryl methyl sites for hydroxylation is 1. The lowest BCUT2D eigenvalue weighted by atomic mass is 10.0. The van der Waals surface area contributed by atoms with Crippen LogP contribution in [0.25, 0.3) is 11.1 Å². The van der Waals surface area contributed by atoms with Crippen LogP contribution < -0.4 is 5.73 Å². The van der Waals surface area contributed by atoms with Crippen LogP contribution in [0.1, 0.15) is 29.7 Å². The van der Waals surface area contributed by atoms with E-state index in [1.54, 1.807) is 6.07 Å². The Morgan fingerprint density at radius 1 is 1.11 bits per heavy atom. The van der Waals surface area contributed by atoms with Crippen molar-refractivity contribution in [2.24, 2.45) is 5.73 Å². The third-order valence-electron chi connectivity index (χ3n) is 3.55. The number of benzene rings is 2. The summed E-state index contributed by atoms with van der Waals surface area (Å²) in [6.07, 6.45) is 1.00. The van der Waals surface area contributed by atoms with Crippen LogP contribution in [0.3, 0.4) is 0 Å². The van der Waals surface area contributed by atoms with E-state index in [4.69, 9.17) is 28.9 Å². The van der Waals surface area contributed by atoms with Gasteiger partial charge in [0.25, 0.3) is 0 Å². The quantitative estimate of drug-likeness (QED) is 0.811. The van der Waals surface area contributed by atoms with Gasteiger partial charge in [0, 0.05) is 10.0 Å². The van der Waals surface area contributed by atoms with E-state index in [1.807, 2.05) is 6.07 Å². The Kier molecular flexibility index (Phi) is 2.86. The summed E-state index contributed by atoms with van der Waals surface area (Å²) in [5.41, 5.74) is 12.0. The molecule has 2 aromatic rings. The Bertz CT molecular complexity index is 635. The predicted octanol–water partition coefficient (Wildman–Crippen LogP) is 4.58. The Morgan fingerprint density at radius 3 is 2.61 bits per heavy atom. The first-order valence-corrected chi connectivity index (χ1v) is 6.75. The molecule has 92 valence electrons. The highest BCUT2D eigenvalue weighted by Crippen LogP contribution is 2.46. The van der Waals surface area contributed by atoms with Crippen molar-refractivity contribution in [1.82, 2.24) is 0 Å². The lowest BCUT2D eigenvalue weighted by molar-refractivity contribution is 0.897. The van der Waals surface area contributed by atoms with Crippen molar-refractivity contribution >= 4 is 23.2 Å². The third-order valence-corrected chi connectivity index (χ3v) is 4.09. The fraction of sp³-hybridized carbons (Fsp3) is 0.200. The van der Waals surface area contributed by atoms with E-state index in [9.17, 15) is 0 Å². The van der Waals surface area contributed by atoms with Gasteiger partial charge in [-0.3, -0.25) is 0 Å². The van der Waals surface area contributed by atoms with Gasteiger partial charge >= 0.3 is 0 Å². The molecule has 1 nitrogen and oxygen atoms in total. The minimum atomic E-state index is -0.147. The molecule has 3 rings (SSSR count). The molecule has 3 heteroatoms. The molecule has 0 saturated heterocycles. The second kappa shape index (κ2) is 4.27. The van der Waals surface area contributed by atoms with E-state index < -0.39 is 0 Å². The van der Waals surface area contributed by atoms with Gasteiger partial charge in [0.15, 0.2) is 0 Å². The van der Waals surface area contributed by atoms with Crippen LogP contribution in [0.15, 0.2) is 30.3 Å². The first-order valence-electron chi connectivity index (χ1n) is 5.99. The first kappa shape index (κ1) is 12.0. The number of nitrogens with two attached hydrogens (primary N) is 1. The predicted molar refractivity (Wildman–Crippen MR) is 77.3 cm³/mol. The van der Waals surface area contributed by atoms with Crippen molar-refractivity contribution in [3.05, 3.63) is 57.1 Å². The van der Waals surface area contributed by atoms with Gasteiger partial charge in [-0.25, -0.2) is 0 Å². The molecule has 0 fully saturated rings. The second-order valence-corrected chi connectivity index (χ2v) is 5.45. The molecule has 0 bridgehead atoms. The van der Waals surface area contributed by atoms with Crippen molar-refractivity contribution in [1.29, 1.82) is 0 Å². The number of rotatable bonds is 1. The molecule has 0 saturated carbocycles. The topological polar surface area (TPSA) is 26.0 Å². The lowest BCUT2D eigenvalue weighted by Crippen LogP contribution is -2.08. The highest BCUT2D eigenvalue weighted by atomic mass is 35.5. The van der Waals surface area contributed by atoms with Crippen LogP contribution in [0.5, 0.6) is 0 Å². The van der Waals surface area contributed by atoms with E-state index in [1.165, 1.54) is 5.56 Å². The maximum atomic E-state index is 6.30. The van der Waals surface area contributed by atoms with Crippen molar-refractivity contribution < 1.29 is 0 Å². The fourth-order valence-electron chi connectivity index (χ4n) is 2.61. The molecule has 1 atom stereocenters. The van der Waals surface area contributed by atoms with E-state index in [2.05, 4.69) is 25.1 Å². The van der Waals surface area contributed by atoms with Crippen LogP contribution in [0.4, 0.5) is 0 Å². The van der Waals surface area contributed by atoms with Crippen LogP contribution in [-0.2, 0) is 6.42 Å². The molecule has 0 heterocycles. The molecule has 2 aromatic carbocycles. The molecule has 0 spiro atoms. The van der Waals surface area contributed by atoms with Gasteiger partial charge in [-0.1, -0.05) is 48.3 Å². The molecule has 0 aromatic heterocycles. The molecular formula is C15H13Cl2N. The van der Waals surface area contributed by atoms with Crippen LogP contribution in [0.2, 0.25) is 10.0 Å². The van der Waals surface area contributed by atoms with Gasteiger partial charge in [0.1, 0.15) is 0 Å². The number of fused-ring (bicyclic) bond motifs is 3. The number of hydrogen-bond donors (Lipinski definition) is 1. The molecule has 1 unspecified atom stereocenters. The second-order valence-electron chi connectivity index (χ2n) is 4.60. The molecule has 0 amide bonds. The summed E-state index contributed by atoms with van der Waals surface area (Å²) < 4.78 is 0. The summed E-state index contributed by atoms with van der Waals surface area (Å²) in [4.78, 5) is 0. The minimum Gasteiger partial charge on any atom is -0.320 e. The standard InChI is InChI=1S/C15H13Cl2N/c1-2-8-3-4-10-11-6-9(16)7-13(17)14(11)15(18)12(10)5-8/h3-7,15H,2,18H2,1H3. The Hall–Kier alpha value is -1.02. The summed E-state index contributed by atoms with van der Waals surface area (Å²) >= 11 is 12.3. The number of halogens is 2. The van der Waals surface area contributed by atoms with Gasteiger partial charge < -0.3 is 5.73 Å². The lowest BCUT2D eigenvalue weighted by Gasteiger charge is -2.09. The van der Waals surface area contributed by atoms with Crippen LogP contribution in [-0.4, -0.2) is 0 Å². The zero-order valence-corrected chi connectivity index (χ0v) is 11.5. The minimum absolute atomic E-state index is 0.147. The van der Waals surface area contributed by atoms with Gasteiger partial charge in [0.05, 0.1) is 6.04 Å². The van der Waals surface area contributed by atoms with Gasteiger partial charge in [-0.15, -0.1) is 0 Å². The average molecular weight is 278 g/mol. The highest BCUT2D eigenvalue weighted by molar-refractivity contribution is 6.36. The first-order chi connectivity index (χ1) is 8.61. The maximum absolute atomic E-state index is 6.30. The largest absolute Gasteiger partial charge is 0.320 e. The smallest absolute Gasteiger partial charge is 0.0578 e. The molecule has 2 N–H and O–H groups in total. The zero-order valence-electron chi connectivity index (χ0n) is 10.0. The highest BCUT2D eigenvalue weighted by Gasteiger charge is 2.28. The maximum Gasteiger partial charge on any atom is 0.0578 e. The average Bonchev–Trinajstić information content (AvgIpc) is 2.62. The Morgan fingerprint density at radius 2 is 1.89 bits per heavy atom. The molecule has 18 heavy (non-hydrogen) atoms. The molecule has 1 aliphatic rings. The molecule has 1 aliphatic carbocycles. The van der Waals surface area contributed by atoms with E-state index in [0.717, 1.165) is 28.7 Å². The van der Waals surface area contributed by atoms with E-state index in [-0.39, 0.29) is 6.04 Å². The van der Waals surface area contributed by atoms with E-state index >= 15 is 0 Å². The normalized spacial score (nSPS) is 16.6. The molecule has 0 radical (unpaired) electrons. The summed E-state index contributed by atoms with van der Waals surface area (Å²) in [7, 11) is 0. The summed E-state index contributed by atoms with van der Waals surface area (Å²) in [5.74, 6) is 0. The van der Waals surface area contributed by atoms with Gasteiger partial charge in [-0.05, 0) is 46.4 Å². The SMILES string of the molecule is CCc1ccc2c(c1)C(N)c1c(Cl)cc(Cl)cc1-2. The van der Waals surface area contributed by atoms with Crippen molar-refractivity contribution in [2.45, 2.75) is 19.4 Å². The Labute approximate surface area is 117 Å². The van der Waals surface area contributed by atoms with Crippen molar-refractivity contribution in [3.63, 3.8) is 0 Å². The summed E-state index contributed by atoms with van der Waals surface area (Å²) in [6.45, 7) is 2.14. The zero-order chi connectivity index (χ0) is 12.9. The third kappa shape index (κ3) is 1.66. The van der Waals surface area contributed by atoms with Crippen LogP contribution in [0, 0.1) is 0 Å². The molecular weight excluding hydrogens is 265 g/mol. The summed E-state index contributed by atoms with van der Waals surface area (Å²) in [6, 6.07) is 9.98. The van der Waals surface area contributed by atoms with Crippen molar-refractivity contribution in [3.8, 4) is 11.1 Å². The summed E-state index contributed by atoms with van der Waals surface area (Å²) in [5, 5.41) is 1.30. The van der Waals surface area contributed by atoms with Crippen LogP contribution >= 0.6 is 23.2 Å². The van der Waals surface area contributed by atoms with Gasteiger partial charge in [0.2, 0.25) is 0 Å². The van der Waals surface area contributed by atoms with E-state index in [0.29, 0.717) is 10.0 Å². The Balaban J connectivity index is 2.28. The number of hydrogen-bond acceptors (Lipinski definition) is 1. The molecule has 0 aliphatic heterocycles. The van der Waals surface area contributed by atoms with Gasteiger partial charge in [-0.2, -0.15) is 0 Å².